The Bertz CT molecular complexity index is 969. The van der Waals surface area contributed by atoms with Gasteiger partial charge in [-0.15, -0.1) is 17.9 Å². The number of aromatic nitrogens is 1. The minimum Gasteiger partial charge on any atom is -0.342 e. The van der Waals surface area contributed by atoms with Crippen molar-refractivity contribution >= 4 is 33.5 Å². The highest BCUT2D eigenvalue weighted by Gasteiger charge is 2.33. The van der Waals surface area contributed by atoms with Gasteiger partial charge in [0.25, 0.3) is 0 Å². The molecule has 0 bridgehead atoms. The van der Waals surface area contributed by atoms with E-state index in [9.17, 15) is 4.79 Å². The monoisotopic (exact) mass is 402 g/mol. The second kappa shape index (κ2) is 9.19. The largest absolute Gasteiger partial charge is 0.342 e. The maximum absolute atomic E-state index is 13.6. The number of hydrogen-bond acceptors (Lipinski definition) is 3. The molecule has 2 atom stereocenters. The molecule has 3 nitrogen and oxygen atoms in total. The van der Waals surface area contributed by atoms with E-state index >= 15 is 0 Å². The molecule has 3 aromatic rings. The van der Waals surface area contributed by atoms with Crippen LogP contribution in [0.1, 0.15) is 35.8 Å². The molecule has 0 spiro atoms. The highest BCUT2D eigenvalue weighted by molar-refractivity contribution is 7.18. The van der Waals surface area contributed by atoms with Crippen LogP contribution in [-0.2, 0) is 4.79 Å². The molecule has 1 aromatic heterocycles. The fourth-order valence-corrected chi connectivity index (χ4v) is 5.00. The van der Waals surface area contributed by atoms with E-state index in [1.165, 1.54) is 6.42 Å². The Morgan fingerprint density at radius 3 is 2.48 bits per heavy atom. The molecule has 1 aliphatic rings. The first-order valence-electron chi connectivity index (χ1n) is 10.3. The average molecular weight is 403 g/mol. The van der Waals surface area contributed by atoms with Gasteiger partial charge in [-0.2, -0.15) is 0 Å². The number of allylic oxidation sites excluding steroid dienone is 2. The number of nitrogens with zero attached hydrogens (tertiary/aromatic N) is 2. The summed E-state index contributed by atoms with van der Waals surface area (Å²) in [4.78, 5) is 20.5. The summed E-state index contributed by atoms with van der Waals surface area (Å²) in [6.45, 7) is 5.74. The lowest BCUT2D eigenvalue weighted by molar-refractivity contribution is -0.134. The number of fused-ring (bicyclic) bond motifs is 1. The van der Waals surface area contributed by atoms with E-state index in [1.807, 2.05) is 47.4 Å². The van der Waals surface area contributed by atoms with Crippen LogP contribution >= 0.6 is 11.3 Å². The number of carbonyl (C=O) groups is 1. The molecular formula is C25H26N2OS. The third-order valence-electron chi connectivity index (χ3n) is 5.48. The zero-order valence-electron chi connectivity index (χ0n) is 16.5. The fraction of sp³-hybridized carbons (Fsp3) is 0.280. The Morgan fingerprint density at radius 2 is 1.76 bits per heavy atom. The second-order valence-corrected chi connectivity index (χ2v) is 8.53. The van der Waals surface area contributed by atoms with E-state index in [0.29, 0.717) is 0 Å². The Kier molecular flexibility index (Phi) is 6.20. The molecule has 29 heavy (non-hydrogen) atoms. The third kappa shape index (κ3) is 4.48. The molecule has 1 saturated heterocycles. The molecule has 1 amide bonds. The quantitative estimate of drug-likeness (QED) is 0.480. The molecule has 0 N–H and O–H groups in total. The topological polar surface area (TPSA) is 33.2 Å². The molecule has 2 aromatic carbocycles. The number of para-hydroxylation sites is 1. The van der Waals surface area contributed by atoms with Crippen LogP contribution in [0.5, 0.6) is 0 Å². The Hall–Kier alpha value is -2.72. The molecule has 148 valence electrons. The summed E-state index contributed by atoms with van der Waals surface area (Å²) in [5.74, 6) is -0.264. The van der Waals surface area contributed by atoms with E-state index in [1.54, 1.807) is 11.3 Å². The maximum Gasteiger partial charge on any atom is 0.233 e. The van der Waals surface area contributed by atoms with Crippen LogP contribution in [0, 0.1) is 5.92 Å². The third-order valence-corrected chi connectivity index (χ3v) is 6.60. The summed E-state index contributed by atoms with van der Waals surface area (Å²) in [5, 5.41) is 0.879. The zero-order chi connectivity index (χ0) is 20.1. The number of thiazole rings is 1. The molecule has 2 heterocycles. The summed E-state index contributed by atoms with van der Waals surface area (Å²) in [6, 6.07) is 18.3. The van der Waals surface area contributed by atoms with Crippen LogP contribution in [0.4, 0.5) is 0 Å². The number of rotatable bonds is 6. The van der Waals surface area contributed by atoms with Crippen LogP contribution in [0.2, 0.25) is 0 Å². The number of hydrogen-bond donors (Lipinski definition) is 0. The molecule has 0 unspecified atom stereocenters. The normalized spacial score (nSPS) is 16.8. The second-order valence-electron chi connectivity index (χ2n) is 7.47. The van der Waals surface area contributed by atoms with Gasteiger partial charge in [-0.05, 0) is 37.0 Å². The Morgan fingerprint density at radius 1 is 1.03 bits per heavy atom. The first-order chi connectivity index (χ1) is 14.3. The van der Waals surface area contributed by atoms with Gasteiger partial charge in [-0.25, -0.2) is 4.98 Å². The van der Waals surface area contributed by atoms with Gasteiger partial charge in [0.2, 0.25) is 5.91 Å². The van der Waals surface area contributed by atoms with Crippen LogP contribution in [-0.4, -0.2) is 28.9 Å². The zero-order valence-corrected chi connectivity index (χ0v) is 17.4. The van der Waals surface area contributed by atoms with E-state index in [4.69, 9.17) is 4.98 Å². The van der Waals surface area contributed by atoms with Gasteiger partial charge in [0.1, 0.15) is 5.01 Å². The lowest BCUT2D eigenvalue weighted by Crippen LogP contribution is -2.40. The molecule has 0 saturated carbocycles. The molecule has 1 aliphatic heterocycles. The van der Waals surface area contributed by atoms with Crippen molar-refractivity contribution in [2.75, 3.05) is 13.1 Å². The van der Waals surface area contributed by atoms with E-state index < -0.39 is 0 Å². The predicted octanol–water partition coefficient (Wildman–Crippen LogP) is 5.91. The van der Waals surface area contributed by atoms with Crippen molar-refractivity contribution in [3.8, 4) is 0 Å². The number of benzene rings is 2. The smallest absolute Gasteiger partial charge is 0.233 e. The van der Waals surface area contributed by atoms with Gasteiger partial charge in [-0.1, -0.05) is 60.7 Å². The van der Waals surface area contributed by atoms with Gasteiger partial charge in [0.15, 0.2) is 0 Å². The van der Waals surface area contributed by atoms with Crippen molar-refractivity contribution in [2.45, 2.75) is 25.2 Å². The van der Waals surface area contributed by atoms with Crippen LogP contribution in [0.15, 0.2) is 73.3 Å². The molecular weight excluding hydrogens is 376 g/mol. The summed E-state index contributed by atoms with van der Waals surface area (Å²) in [5.41, 5.74) is 2.08. The van der Waals surface area contributed by atoms with E-state index in [-0.39, 0.29) is 17.7 Å². The first kappa shape index (κ1) is 19.6. The number of carbonyl (C=O) groups excluding carboxylic acids is 1. The summed E-state index contributed by atoms with van der Waals surface area (Å²) < 4.78 is 1.12. The standard InChI is InChI=1S/C25H26N2OS/c1-2-20(16-15-19-11-5-3-6-12-19)23(25(28)27-17-9-4-10-18-27)24-26-21-13-7-8-14-22(21)29-24/h2-3,5-8,11-16,20,23H,1,4,9-10,17-18H2/b16-15+/t20-,23+/m1/s1. The number of likely N-dealkylation sites (tertiary alicyclic amines) is 1. The summed E-state index contributed by atoms with van der Waals surface area (Å²) in [7, 11) is 0. The van der Waals surface area contributed by atoms with Gasteiger partial charge in [-0.3, -0.25) is 4.79 Å². The Labute approximate surface area is 176 Å². The molecule has 1 fully saturated rings. The predicted molar refractivity (Wildman–Crippen MR) is 122 cm³/mol. The summed E-state index contributed by atoms with van der Waals surface area (Å²) >= 11 is 1.62. The maximum atomic E-state index is 13.6. The number of amides is 1. The molecule has 4 rings (SSSR count). The van der Waals surface area contributed by atoms with Crippen molar-refractivity contribution in [3.63, 3.8) is 0 Å². The van der Waals surface area contributed by atoms with E-state index in [0.717, 1.165) is 46.7 Å². The van der Waals surface area contributed by atoms with Crippen LogP contribution < -0.4 is 0 Å². The number of piperidine rings is 1. The average Bonchev–Trinajstić information content (AvgIpc) is 3.21. The minimum absolute atomic E-state index is 0.106. The van der Waals surface area contributed by atoms with Crippen LogP contribution in [0.3, 0.4) is 0 Å². The van der Waals surface area contributed by atoms with Gasteiger partial charge in [0.05, 0.1) is 16.1 Å². The molecule has 4 heteroatoms. The Balaban J connectivity index is 1.70. The minimum atomic E-state index is -0.331. The van der Waals surface area contributed by atoms with Crippen molar-refractivity contribution < 1.29 is 4.79 Å². The van der Waals surface area contributed by atoms with Crippen molar-refractivity contribution in [1.29, 1.82) is 0 Å². The van der Waals surface area contributed by atoms with Crippen molar-refractivity contribution in [2.24, 2.45) is 5.92 Å². The van der Waals surface area contributed by atoms with Gasteiger partial charge >= 0.3 is 0 Å². The molecule has 0 aliphatic carbocycles. The van der Waals surface area contributed by atoms with Crippen LogP contribution in [0.25, 0.3) is 16.3 Å². The lowest BCUT2D eigenvalue weighted by Gasteiger charge is -2.31. The summed E-state index contributed by atoms with van der Waals surface area (Å²) in [6.07, 6.45) is 9.43. The van der Waals surface area contributed by atoms with Gasteiger partial charge < -0.3 is 4.90 Å². The van der Waals surface area contributed by atoms with Gasteiger partial charge in [0, 0.05) is 19.0 Å². The van der Waals surface area contributed by atoms with E-state index in [2.05, 4.69) is 36.9 Å². The van der Waals surface area contributed by atoms with Crippen molar-refractivity contribution in [1.82, 2.24) is 9.88 Å². The SMILES string of the molecule is C=C[C@H](/C=C/c1ccccc1)[C@H](C(=O)N1CCCCC1)c1nc2ccccc2s1. The lowest BCUT2D eigenvalue weighted by atomic mass is 9.89. The highest BCUT2D eigenvalue weighted by atomic mass is 32.1. The molecule has 0 radical (unpaired) electrons. The fourth-order valence-electron chi connectivity index (χ4n) is 3.88. The highest BCUT2D eigenvalue weighted by Crippen LogP contribution is 2.35. The first-order valence-corrected chi connectivity index (χ1v) is 11.1. The van der Waals surface area contributed by atoms with Crippen molar-refractivity contribution in [3.05, 3.63) is 83.9 Å².